The minimum absolute atomic E-state index is 0.0339. The Morgan fingerprint density at radius 1 is 1.28 bits per heavy atom. The maximum absolute atomic E-state index is 13.2. The highest BCUT2D eigenvalue weighted by Gasteiger charge is 2.12. The number of oxime groups is 1. The molecule has 29 heavy (non-hydrogen) atoms. The highest BCUT2D eigenvalue weighted by atomic mass is 79.9. The molecule has 0 saturated carbocycles. The second kappa shape index (κ2) is 9.85. The lowest BCUT2D eigenvalue weighted by molar-refractivity contribution is -0.118. The summed E-state index contributed by atoms with van der Waals surface area (Å²) in [5.74, 6) is -0.378. The number of nitrogens with zero attached hydrogens (tertiary/aromatic N) is 3. The maximum atomic E-state index is 13.2. The number of hydrogen-bond acceptors (Lipinski definition) is 8. The van der Waals surface area contributed by atoms with E-state index in [-0.39, 0.29) is 22.6 Å². The molecule has 2 N–H and O–H groups in total. The highest BCUT2D eigenvalue weighted by molar-refractivity contribution is 9.10. The topological polar surface area (TPSA) is 111 Å². The SMILES string of the molecule is O=C(COc1ccc(Cl)cc1)Nc1nonc1/C=N/ONc1ccc(F)c(Br)c1. The first-order chi connectivity index (χ1) is 14.0. The van der Waals surface area contributed by atoms with Crippen LogP contribution in [0.15, 0.2) is 56.7 Å². The second-order valence-electron chi connectivity index (χ2n) is 5.35. The van der Waals surface area contributed by atoms with E-state index in [0.29, 0.717) is 16.5 Å². The number of aromatic nitrogens is 2. The van der Waals surface area contributed by atoms with Crippen LogP contribution < -0.4 is 15.5 Å². The Hall–Kier alpha value is -3.18. The van der Waals surface area contributed by atoms with Crippen molar-refractivity contribution >= 4 is 51.2 Å². The van der Waals surface area contributed by atoms with Gasteiger partial charge in [0.1, 0.15) is 17.8 Å². The highest BCUT2D eigenvalue weighted by Crippen LogP contribution is 2.20. The zero-order chi connectivity index (χ0) is 20.6. The molecule has 0 bridgehead atoms. The van der Waals surface area contributed by atoms with E-state index in [9.17, 15) is 9.18 Å². The van der Waals surface area contributed by atoms with Crippen molar-refractivity contribution in [2.75, 3.05) is 17.4 Å². The first kappa shape index (κ1) is 20.6. The van der Waals surface area contributed by atoms with Crippen molar-refractivity contribution in [1.29, 1.82) is 0 Å². The van der Waals surface area contributed by atoms with Crippen LogP contribution in [0.5, 0.6) is 5.75 Å². The van der Waals surface area contributed by atoms with E-state index in [4.69, 9.17) is 21.3 Å². The number of rotatable bonds is 8. The van der Waals surface area contributed by atoms with E-state index in [1.54, 1.807) is 24.3 Å². The molecule has 9 nitrogen and oxygen atoms in total. The third-order valence-corrected chi connectivity index (χ3v) is 4.13. The molecule has 3 rings (SSSR count). The summed E-state index contributed by atoms with van der Waals surface area (Å²) in [6.45, 7) is -0.261. The number of halogens is 3. The third-order valence-electron chi connectivity index (χ3n) is 3.27. The maximum Gasteiger partial charge on any atom is 0.263 e. The van der Waals surface area contributed by atoms with Gasteiger partial charge in [0.15, 0.2) is 12.3 Å². The molecule has 1 aromatic heterocycles. The Labute approximate surface area is 176 Å². The lowest BCUT2D eigenvalue weighted by Crippen LogP contribution is -2.21. The van der Waals surface area contributed by atoms with E-state index in [1.165, 1.54) is 18.2 Å². The summed E-state index contributed by atoms with van der Waals surface area (Å²) in [4.78, 5) is 16.9. The Balaban J connectivity index is 1.49. The van der Waals surface area contributed by atoms with Crippen molar-refractivity contribution in [3.05, 3.63) is 63.5 Å². The summed E-state index contributed by atoms with van der Waals surface area (Å²) in [6, 6.07) is 10.7. The van der Waals surface area contributed by atoms with Gasteiger partial charge in [0.05, 0.1) is 10.2 Å². The van der Waals surface area contributed by atoms with Crippen LogP contribution in [-0.4, -0.2) is 29.0 Å². The van der Waals surface area contributed by atoms with E-state index >= 15 is 0 Å². The number of carbonyl (C=O) groups is 1. The molecule has 150 valence electrons. The van der Waals surface area contributed by atoms with Crippen LogP contribution in [0.4, 0.5) is 15.9 Å². The molecule has 12 heteroatoms. The zero-order valence-electron chi connectivity index (χ0n) is 14.4. The van der Waals surface area contributed by atoms with Gasteiger partial charge in [-0.3, -0.25) is 9.73 Å². The number of amides is 1. The van der Waals surface area contributed by atoms with Crippen molar-refractivity contribution < 1.29 is 23.5 Å². The summed E-state index contributed by atoms with van der Waals surface area (Å²) < 4.78 is 23.3. The molecule has 1 heterocycles. The molecule has 0 unspecified atom stereocenters. The average molecular weight is 485 g/mol. The first-order valence-corrected chi connectivity index (χ1v) is 9.09. The van der Waals surface area contributed by atoms with Crippen LogP contribution in [-0.2, 0) is 9.73 Å². The van der Waals surface area contributed by atoms with Crippen molar-refractivity contribution in [3.63, 3.8) is 0 Å². The van der Waals surface area contributed by atoms with Crippen LogP contribution in [0.3, 0.4) is 0 Å². The van der Waals surface area contributed by atoms with Crippen molar-refractivity contribution in [1.82, 2.24) is 10.3 Å². The van der Waals surface area contributed by atoms with E-state index in [1.807, 2.05) is 0 Å². The third kappa shape index (κ3) is 6.16. The smallest absolute Gasteiger partial charge is 0.263 e. The molecular formula is C17H12BrClFN5O4. The quantitative estimate of drug-likeness (QED) is 0.367. The van der Waals surface area contributed by atoms with Crippen LogP contribution in [0.2, 0.25) is 5.02 Å². The van der Waals surface area contributed by atoms with Crippen molar-refractivity contribution in [3.8, 4) is 5.75 Å². The monoisotopic (exact) mass is 483 g/mol. The van der Waals surface area contributed by atoms with Gasteiger partial charge in [-0.1, -0.05) is 16.8 Å². The fourth-order valence-electron chi connectivity index (χ4n) is 1.93. The molecule has 0 spiro atoms. The molecule has 2 aromatic carbocycles. The van der Waals surface area contributed by atoms with Crippen LogP contribution in [0.25, 0.3) is 0 Å². The van der Waals surface area contributed by atoms with Crippen molar-refractivity contribution in [2.24, 2.45) is 5.16 Å². The number of benzene rings is 2. The molecule has 0 atom stereocenters. The van der Waals surface area contributed by atoms with Gasteiger partial charge in [0, 0.05) is 5.02 Å². The molecular weight excluding hydrogens is 473 g/mol. The number of carbonyl (C=O) groups excluding carboxylic acids is 1. The van der Waals surface area contributed by atoms with Gasteiger partial charge < -0.3 is 10.1 Å². The molecule has 1 amide bonds. The summed E-state index contributed by atoms with van der Waals surface area (Å²) in [7, 11) is 0. The van der Waals surface area contributed by atoms with Gasteiger partial charge >= 0.3 is 0 Å². The number of nitrogens with one attached hydrogen (secondary N) is 2. The Kier molecular flexibility index (Phi) is 6.98. The zero-order valence-corrected chi connectivity index (χ0v) is 16.8. The Morgan fingerprint density at radius 2 is 2.07 bits per heavy atom. The largest absolute Gasteiger partial charge is 0.484 e. The first-order valence-electron chi connectivity index (χ1n) is 7.92. The van der Waals surface area contributed by atoms with Crippen molar-refractivity contribution in [2.45, 2.75) is 0 Å². The predicted molar refractivity (Wildman–Crippen MR) is 106 cm³/mol. The Bertz CT molecular complexity index is 1020. The van der Waals surface area contributed by atoms with Gasteiger partial charge in [0.2, 0.25) is 5.82 Å². The summed E-state index contributed by atoms with van der Waals surface area (Å²) in [5.41, 5.74) is 3.06. The van der Waals surface area contributed by atoms with E-state index in [0.717, 1.165) is 6.21 Å². The molecule has 0 radical (unpaired) electrons. The van der Waals surface area contributed by atoms with Crippen LogP contribution in [0, 0.1) is 5.82 Å². The molecule has 3 aromatic rings. The van der Waals surface area contributed by atoms with Gasteiger partial charge in [0.25, 0.3) is 5.91 Å². The lowest BCUT2D eigenvalue weighted by atomic mass is 10.3. The summed E-state index contributed by atoms with van der Waals surface area (Å²) in [6.07, 6.45) is 1.16. The lowest BCUT2D eigenvalue weighted by Gasteiger charge is -2.05. The normalized spacial score (nSPS) is 10.7. The average Bonchev–Trinajstić information content (AvgIpc) is 3.14. The number of ether oxygens (including phenoxy) is 1. The predicted octanol–water partition coefficient (Wildman–Crippen LogP) is 4.02. The second-order valence-corrected chi connectivity index (χ2v) is 6.64. The van der Waals surface area contributed by atoms with Crippen LogP contribution in [0.1, 0.15) is 5.69 Å². The van der Waals surface area contributed by atoms with Crippen LogP contribution >= 0.6 is 27.5 Å². The van der Waals surface area contributed by atoms with Gasteiger partial charge in [-0.25, -0.2) is 9.02 Å². The van der Waals surface area contributed by atoms with Gasteiger partial charge in [-0.2, -0.15) is 5.48 Å². The summed E-state index contributed by atoms with van der Waals surface area (Å²) >= 11 is 8.84. The molecule has 0 aliphatic carbocycles. The minimum atomic E-state index is -0.486. The number of anilines is 2. The Morgan fingerprint density at radius 3 is 2.83 bits per heavy atom. The van der Waals surface area contributed by atoms with E-state index < -0.39 is 11.7 Å². The fourth-order valence-corrected chi connectivity index (χ4v) is 2.43. The fraction of sp³-hybridized carbons (Fsp3) is 0.0588. The standard InChI is InChI=1S/C17H12BrClFN5O4/c18-13-7-11(3-6-14(13)20)23-28-21-8-15-17(25-29-24-15)22-16(26)9-27-12-4-1-10(19)2-5-12/h1-8,23H,9H2,(H,22,25,26)/b21-8+. The summed E-state index contributed by atoms with van der Waals surface area (Å²) in [5, 5.41) is 13.8. The molecule has 0 fully saturated rings. The molecule has 0 aliphatic heterocycles. The van der Waals surface area contributed by atoms with Gasteiger partial charge in [-0.15, -0.1) is 0 Å². The number of hydrogen-bond donors (Lipinski definition) is 2. The van der Waals surface area contributed by atoms with E-state index in [2.05, 4.69) is 46.8 Å². The molecule has 0 saturated heterocycles. The molecule has 0 aliphatic rings. The van der Waals surface area contributed by atoms with Gasteiger partial charge in [-0.05, 0) is 68.7 Å². The minimum Gasteiger partial charge on any atom is -0.484 e.